The van der Waals surface area contributed by atoms with Crippen LogP contribution in [0.2, 0.25) is 0 Å². The van der Waals surface area contributed by atoms with Crippen LogP contribution in [-0.4, -0.2) is 13.1 Å². The maximum atomic E-state index is 6.20. The van der Waals surface area contributed by atoms with Gasteiger partial charge in [-0.1, -0.05) is 6.07 Å². The number of fused-ring (bicyclic) bond motifs is 1. The van der Waals surface area contributed by atoms with Gasteiger partial charge in [-0.15, -0.1) is 0 Å². The minimum absolute atomic E-state index is 0.767. The molecule has 3 nitrogen and oxygen atoms in total. The number of hydrogen-bond acceptors (Lipinski definition) is 3. The Morgan fingerprint density at radius 3 is 2.88 bits per heavy atom. The van der Waals surface area contributed by atoms with Gasteiger partial charge in [0, 0.05) is 11.1 Å². The summed E-state index contributed by atoms with van der Waals surface area (Å²) in [5.41, 5.74) is 9.26. The Labute approximate surface area is 101 Å². The van der Waals surface area contributed by atoms with Crippen LogP contribution in [0.1, 0.15) is 18.4 Å². The van der Waals surface area contributed by atoms with Crippen molar-refractivity contribution in [1.29, 1.82) is 0 Å². The highest BCUT2D eigenvalue weighted by atomic mass is 16.3. The van der Waals surface area contributed by atoms with E-state index in [4.69, 9.17) is 10.2 Å². The number of rotatable bonds is 2. The third kappa shape index (κ3) is 2.03. The molecule has 1 aliphatic heterocycles. The second kappa shape index (κ2) is 4.41. The maximum absolute atomic E-state index is 6.20. The van der Waals surface area contributed by atoms with E-state index >= 15 is 0 Å². The highest BCUT2D eigenvalue weighted by Crippen LogP contribution is 2.29. The van der Waals surface area contributed by atoms with Gasteiger partial charge >= 0.3 is 0 Å². The minimum Gasteiger partial charge on any atom is -0.464 e. The van der Waals surface area contributed by atoms with Gasteiger partial charge in [-0.2, -0.15) is 0 Å². The van der Waals surface area contributed by atoms with E-state index in [-0.39, 0.29) is 0 Å². The lowest BCUT2D eigenvalue weighted by molar-refractivity contribution is 0.373. The molecule has 17 heavy (non-hydrogen) atoms. The Hall–Kier alpha value is -1.48. The van der Waals surface area contributed by atoms with Crippen molar-refractivity contribution in [2.45, 2.75) is 19.3 Å². The molecule has 0 bridgehead atoms. The van der Waals surface area contributed by atoms with Crippen LogP contribution >= 0.6 is 0 Å². The Morgan fingerprint density at radius 1 is 1.24 bits per heavy atom. The van der Waals surface area contributed by atoms with Crippen molar-refractivity contribution in [2.24, 2.45) is 5.92 Å². The van der Waals surface area contributed by atoms with Crippen molar-refractivity contribution >= 4 is 16.7 Å². The standard InChI is InChI=1S/C14H18N2O/c15-14-11(9-10-3-6-16-7-4-10)1-2-13-12(14)5-8-17-13/h1-2,5,8,10,16H,3-4,6-7,9,15H2. The number of piperidine rings is 1. The minimum atomic E-state index is 0.767. The molecule has 2 aromatic rings. The summed E-state index contributed by atoms with van der Waals surface area (Å²) in [6.07, 6.45) is 5.30. The monoisotopic (exact) mass is 230 g/mol. The first-order valence-electron chi connectivity index (χ1n) is 6.30. The molecule has 1 aromatic heterocycles. The Balaban J connectivity index is 1.86. The van der Waals surface area contributed by atoms with Crippen molar-refractivity contribution in [2.75, 3.05) is 18.8 Å². The molecule has 0 radical (unpaired) electrons. The van der Waals surface area contributed by atoms with Crippen LogP contribution in [0.5, 0.6) is 0 Å². The zero-order valence-electron chi connectivity index (χ0n) is 9.91. The van der Waals surface area contributed by atoms with Crippen molar-refractivity contribution in [3.8, 4) is 0 Å². The molecule has 3 N–H and O–H groups in total. The highest BCUT2D eigenvalue weighted by molar-refractivity contribution is 5.91. The molecule has 2 heterocycles. The number of nitrogens with one attached hydrogen (secondary N) is 1. The van der Waals surface area contributed by atoms with Crippen LogP contribution in [0.4, 0.5) is 5.69 Å². The van der Waals surface area contributed by atoms with Gasteiger partial charge in [0.25, 0.3) is 0 Å². The number of nitrogen functional groups attached to an aromatic ring is 1. The first-order chi connectivity index (χ1) is 8.34. The molecule has 1 aromatic carbocycles. The number of hydrogen-bond donors (Lipinski definition) is 2. The summed E-state index contributed by atoms with van der Waals surface area (Å²) in [6, 6.07) is 6.10. The Morgan fingerprint density at radius 2 is 2.06 bits per heavy atom. The van der Waals surface area contributed by atoms with E-state index in [1.165, 1.54) is 18.4 Å². The predicted molar refractivity (Wildman–Crippen MR) is 69.9 cm³/mol. The van der Waals surface area contributed by atoms with Crippen molar-refractivity contribution in [3.05, 3.63) is 30.0 Å². The second-order valence-corrected chi connectivity index (χ2v) is 4.87. The molecule has 1 fully saturated rings. The fourth-order valence-corrected chi connectivity index (χ4v) is 2.69. The first kappa shape index (κ1) is 10.7. The van der Waals surface area contributed by atoms with Gasteiger partial charge in [-0.05, 0) is 56.0 Å². The largest absolute Gasteiger partial charge is 0.464 e. The molecule has 0 unspecified atom stereocenters. The van der Waals surface area contributed by atoms with E-state index < -0.39 is 0 Å². The smallest absolute Gasteiger partial charge is 0.135 e. The average Bonchev–Trinajstić information content (AvgIpc) is 2.83. The van der Waals surface area contributed by atoms with E-state index in [1.54, 1.807) is 6.26 Å². The lowest BCUT2D eigenvalue weighted by Gasteiger charge is -2.23. The van der Waals surface area contributed by atoms with Crippen LogP contribution in [0.3, 0.4) is 0 Å². The third-order valence-corrected chi connectivity index (χ3v) is 3.73. The van der Waals surface area contributed by atoms with Crippen LogP contribution in [0, 0.1) is 5.92 Å². The van der Waals surface area contributed by atoms with Gasteiger partial charge < -0.3 is 15.5 Å². The molecule has 1 aliphatic rings. The van der Waals surface area contributed by atoms with Crippen LogP contribution in [-0.2, 0) is 6.42 Å². The number of nitrogens with two attached hydrogens (primary N) is 1. The summed E-state index contributed by atoms with van der Waals surface area (Å²) >= 11 is 0. The van der Waals surface area contributed by atoms with Crippen molar-refractivity contribution in [3.63, 3.8) is 0 Å². The molecule has 0 spiro atoms. The van der Waals surface area contributed by atoms with Gasteiger partial charge in [0.1, 0.15) is 5.58 Å². The van der Waals surface area contributed by atoms with Crippen LogP contribution in [0.25, 0.3) is 11.0 Å². The van der Waals surface area contributed by atoms with Gasteiger partial charge in [-0.25, -0.2) is 0 Å². The summed E-state index contributed by atoms with van der Waals surface area (Å²) in [5, 5.41) is 4.45. The van der Waals surface area contributed by atoms with Gasteiger partial charge in [0.15, 0.2) is 0 Å². The summed E-state index contributed by atoms with van der Waals surface area (Å²) < 4.78 is 5.35. The van der Waals surface area contributed by atoms with E-state index in [0.29, 0.717) is 0 Å². The van der Waals surface area contributed by atoms with Crippen molar-refractivity contribution < 1.29 is 4.42 Å². The predicted octanol–water partition coefficient (Wildman–Crippen LogP) is 2.56. The highest BCUT2D eigenvalue weighted by Gasteiger charge is 2.16. The van der Waals surface area contributed by atoms with E-state index in [9.17, 15) is 0 Å². The summed E-state index contributed by atoms with van der Waals surface area (Å²) in [4.78, 5) is 0. The molecular formula is C14H18N2O. The molecule has 0 atom stereocenters. The van der Waals surface area contributed by atoms with Crippen LogP contribution < -0.4 is 11.1 Å². The normalized spacial score (nSPS) is 17.6. The second-order valence-electron chi connectivity index (χ2n) is 4.87. The van der Waals surface area contributed by atoms with Gasteiger partial charge in [0.2, 0.25) is 0 Å². The van der Waals surface area contributed by atoms with Gasteiger partial charge in [0.05, 0.1) is 6.26 Å². The number of benzene rings is 1. The summed E-state index contributed by atoms with van der Waals surface area (Å²) in [5.74, 6) is 0.767. The molecule has 0 saturated carbocycles. The average molecular weight is 230 g/mol. The van der Waals surface area contributed by atoms with Gasteiger partial charge in [-0.3, -0.25) is 0 Å². The molecule has 1 saturated heterocycles. The topological polar surface area (TPSA) is 51.2 Å². The fourth-order valence-electron chi connectivity index (χ4n) is 2.69. The molecule has 0 aliphatic carbocycles. The van der Waals surface area contributed by atoms with E-state index in [2.05, 4.69) is 11.4 Å². The molecule has 3 rings (SSSR count). The summed E-state index contributed by atoms with van der Waals surface area (Å²) in [6.45, 7) is 2.27. The third-order valence-electron chi connectivity index (χ3n) is 3.73. The fraction of sp³-hybridized carbons (Fsp3) is 0.429. The first-order valence-corrected chi connectivity index (χ1v) is 6.30. The van der Waals surface area contributed by atoms with Crippen molar-refractivity contribution in [1.82, 2.24) is 5.32 Å². The lowest BCUT2D eigenvalue weighted by atomic mass is 9.90. The maximum Gasteiger partial charge on any atom is 0.135 e. The number of anilines is 1. The zero-order valence-corrected chi connectivity index (χ0v) is 9.91. The molecule has 0 amide bonds. The SMILES string of the molecule is Nc1c(CC2CCNCC2)ccc2occc12. The quantitative estimate of drug-likeness (QED) is 0.779. The summed E-state index contributed by atoms with van der Waals surface area (Å²) in [7, 11) is 0. The lowest BCUT2D eigenvalue weighted by Crippen LogP contribution is -2.28. The zero-order chi connectivity index (χ0) is 11.7. The number of furan rings is 1. The molecule has 3 heteroatoms. The Bertz CT molecular complexity index is 512. The van der Waals surface area contributed by atoms with E-state index in [1.807, 2.05) is 12.1 Å². The Kier molecular flexibility index (Phi) is 2.77. The molecule has 90 valence electrons. The molecular weight excluding hydrogens is 212 g/mol. The van der Waals surface area contributed by atoms with Crippen LogP contribution in [0.15, 0.2) is 28.9 Å². The van der Waals surface area contributed by atoms with E-state index in [0.717, 1.165) is 42.1 Å².